The Kier molecular flexibility index (Phi) is 7.76. The minimum atomic E-state index is -6.01. The number of halogens is 4. The van der Waals surface area contributed by atoms with Gasteiger partial charge in [-0.25, -0.2) is 9.78 Å². The second-order valence-electron chi connectivity index (χ2n) is 6.80. The lowest BCUT2D eigenvalue weighted by Gasteiger charge is -2.15. The number of ether oxygens (including phenoxy) is 3. The molecule has 0 aliphatic rings. The van der Waals surface area contributed by atoms with Crippen molar-refractivity contribution in [2.24, 2.45) is 0 Å². The third kappa shape index (κ3) is 6.14. The Morgan fingerprint density at radius 1 is 1.00 bits per heavy atom. The summed E-state index contributed by atoms with van der Waals surface area (Å²) in [6.45, 7) is 0.0780. The summed E-state index contributed by atoms with van der Waals surface area (Å²) in [5.41, 5.74) is -5.53. The smallest absolute Gasteiger partial charge is 0.497 e. The first-order valence-corrected chi connectivity index (χ1v) is 11.4. The molecule has 2 aromatic carbocycles. The number of nitrogens with zero attached hydrogens (tertiary/aromatic N) is 1. The van der Waals surface area contributed by atoms with Crippen molar-refractivity contribution in [3.63, 3.8) is 0 Å². The molecule has 186 valence electrons. The first-order chi connectivity index (χ1) is 16.4. The molecule has 0 amide bonds. The number of carbonyl (C=O) groups is 1. The van der Waals surface area contributed by atoms with Crippen LogP contribution in [0.2, 0.25) is 5.02 Å². The van der Waals surface area contributed by atoms with Gasteiger partial charge in [-0.1, -0.05) is 29.8 Å². The molecule has 0 saturated carbocycles. The number of rotatable bonds is 8. The number of alkyl halides is 3. The third-order valence-corrected chi connectivity index (χ3v) is 5.77. The standard InChI is InChI=1S/C22H17ClF3NO7S/c1-31-15-6-3-13(4-7-15)12-33-19-11-14(5-8-16(19)23)20-18(34-35(29,30)22(24,25)26)10-9-17(27-20)21(28)32-2/h3-11H,12H2,1-2H3. The second kappa shape index (κ2) is 10.4. The number of hydrogen-bond acceptors (Lipinski definition) is 8. The quantitative estimate of drug-likeness (QED) is 0.227. The zero-order valence-electron chi connectivity index (χ0n) is 18.1. The largest absolute Gasteiger partial charge is 0.534 e. The Bertz CT molecular complexity index is 1330. The van der Waals surface area contributed by atoms with Crippen LogP contribution in [-0.4, -0.2) is 39.1 Å². The Labute approximate surface area is 203 Å². The lowest BCUT2D eigenvalue weighted by molar-refractivity contribution is -0.0500. The highest BCUT2D eigenvalue weighted by Crippen LogP contribution is 2.37. The number of pyridine rings is 1. The summed E-state index contributed by atoms with van der Waals surface area (Å²) in [5, 5.41) is 0.164. The van der Waals surface area contributed by atoms with Gasteiger partial charge in [0.25, 0.3) is 0 Å². The van der Waals surface area contributed by atoms with Gasteiger partial charge in [0.1, 0.15) is 29.5 Å². The summed E-state index contributed by atoms with van der Waals surface area (Å²) in [6.07, 6.45) is 0. The number of hydrogen-bond donors (Lipinski definition) is 0. The summed E-state index contributed by atoms with van der Waals surface area (Å²) >= 11 is 6.19. The van der Waals surface area contributed by atoms with Crippen LogP contribution >= 0.6 is 11.6 Å². The van der Waals surface area contributed by atoms with E-state index in [0.717, 1.165) is 24.8 Å². The van der Waals surface area contributed by atoms with E-state index in [2.05, 4.69) is 13.9 Å². The average Bonchev–Trinajstić information content (AvgIpc) is 2.82. The van der Waals surface area contributed by atoms with Gasteiger partial charge in [-0.05, 0) is 42.0 Å². The number of carbonyl (C=O) groups excluding carboxylic acids is 1. The fourth-order valence-electron chi connectivity index (χ4n) is 2.75. The highest BCUT2D eigenvalue weighted by Gasteiger charge is 2.49. The third-order valence-electron chi connectivity index (χ3n) is 4.49. The maximum atomic E-state index is 12.9. The SMILES string of the molecule is COC(=O)c1ccc(OS(=O)(=O)C(F)(F)F)c(-c2ccc(Cl)c(OCc3ccc(OC)cc3)c2)n1. The summed E-state index contributed by atoms with van der Waals surface area (Å²) in [4.78, 5) is 15.8. The lowest BCUT2D eigenvalue weighted by Crippen LogP contribution is -2.28. The average molecular weight is 532 g/mol. The topological polar surface area (TPSA) is 101 Å². The molecule has 8 nitrogen and oxygen atoms in total. The van der Waals surface area contributed by atoms with Crippen molar-refractivity contribution in [1.29, 1.82) is 0 Å². The molecule has 0 aliphatic carbocycles. The van der Waals surface area contributed by atoms with Crippen molar-refractivity contribution >= 4 is 27.7 Å². The molecule has 0 radical (unpaired) electrons. The molecule has 13 heteroatoms. The van der Waals surface area contributed by atoms with Crippen molar-refractivity contribution < 1.29 is 44.8 Å². The molecule has 3 aromatic rings. The van der Waals surface area contributed by atoms with E-state index in [9.17, 15) is 26.4 Å². The van der Waals surface area contributed by atoms with Crippen molar-refractivity contribution in [2.45, 2.75) is 12.1 Å². The molecule has 1 heterocycles. The maximum Gasteiger partial charge on any atom is 0.534 e. The zero-order valence-corrected chi connectivity index (χ0v) is 19.7. The molecule has 0 bridgehead atoms. The molecule has 0 aliphatic heterocycles. The normalized spacial score (nSPS) is 11.6. The number of esters is 1. The van der Waals surface area contributed by atoms with E-state index in [-0.39, 0.29) is 34.3 Å². The van der Waals surface area contributed by atoms with Crippen LogP contribution in [0.4, 0.5) is 13.2 Å². The zero-order chi connectivity index (χ0) is 25.8. The van der Waals surface area contributed by atoms with Gasteiger partial charge >= 0.3 is 21.6 Å². The van der Waals surface area contributed by atoms with Gasteiger partial charge in [0, 0.05) is 5.56 Å². The van der Waals surface area contributed by atoms with Crippen LogP contribution in [0.25, 0.3) is 11.3 Å². The minimum absolute atomic E-state index is 0.0669. The van der Waals surface area contributed by atoms with Crippen LogP contribution in [0.1, 0.15) is 16.1 Å². The van der Waals surface area contributed by atoms with Crippen LogP contribution in [0.3, 0.4) is 0 Å². The van der Waals surface area contributed by atoms with Crippen LogP contribution in [0.15, 0.2) is 54.6 Å². The highest BCUT2D eigenvalue weighted by atomic mass is 35.5. The monoisotopic (exact) mass is 531 g/mol. The molecule has 35 heavy (non-hydrogen) atoms. The van der Waals surface area contributed by atoms with Gasteiger partial charge in [0.05, 0.1) is 19.2 Å². The molecule has 1 aromatic heterocycles. The van der Waals surface area contributed by atoms with Crippen LogP contribution in [0, 0.1) is 0 Å². The summed E-state index contributed by atoms with van der Waals surface area (Å²) in [6, 6.07) is 12.8. The Morgan fingerprint density at radius 2 is 1.69 bits per heavy atom. The molecule has 0 N–H and O–H groups in total. The second-order valence-corrected chi connectivity index (χ2v) is 8.74. The van der Waals surface area contributed by atoms with Gasteiger partial charge in [0.15, 0.2) is 5.75 Å². The van der Waals surface area contributed by atoms with Gasteiger partial charge in [-0.2, -0.15) is 21.6 Å². The number of aromatic nitrogens is 1. The molecule has 0 spiro atoms. The van der Waals surface area contributed by atoms with Gasteiger partial charge in [0.2, 0.25) is 0 Å². The van der Waals surface area contributed by atoms with E-state index >= 15 is 0 Å². The van der Waals surface area contributed by atoms with E-state index in [4.69, 9.17) is 21.1 Å². The number of methoxy groups -OCH3 is 2. The summed E-state index contributed by atoms with van der Waals surface area (Å²) < 4.78 is 81.5. The molecule has 0 unspecified atom stereocenters. The van der Waals surface area contributed by atoms with E-state index in [1.165, 1.54) is 25.3 Å². The van der Waals surface area contributed by atoms with Crippen LogP contribution in [-0.2, 0) is 21.5 Å². The molecule has 0 fully saturated rings. The Hall–Kier alpha value is -3.51. The number of benzene rings is 2. The minimum Gasteiger partial charge on any atom is -0.497 e. The highest BCUT2D eigenvalue weighted by molar-refractivity contribution is 7.88. The lowest BCUT2D eigenvalue weighted by atomic mass is 10.1. The van der Waals surface area contributed by atoms with Crippen molar-refractivity contribution in [1.82, 2.24) is 4.98 Å². The fraction of sp³-hybridized carbons (Fsp3) is 0.182. The molecular weight excluding hydrogens is 515 g/mol. The fourth-order valence-corrected chi connectivity index (χ4v) is 3.39. The van der Waals surface area contributed by atoms with Gasteiger partial charge in [-0.3, -0.25) is 0 Å². The van der Waals surface area contributed by atoms with E-state index < -0.39 is 27.3 Å². The molecule has 0 saturated heterocycles. The van der Waals surface area contributed by atoms with Crippen LogP contribution in [0.5, 0.6) is 17.2 Å². The van der Waals surface area contributed by atoms with Crippen molar-refractivity contribution in [3.05, 3.63) is 70.9 Å². The van der Waals surface area contributed by atoms with Crippen molar-refractivity contribution in [3.8, 4) is 28.5 Å². The summed E-state index contributed by atoms with van der Waals surface area (Å²) in [5.74, 6) is -0.901. The molecule has 3 rings (SSSR count). The van der Waals surface area contributed by atoms with Crippen molar-refractivity contribution in [2.75, 3.05) is 14.2 Å². The van der Waals surface area contributed by atoms with E-state index in [1.54, 1.807) is 24.3 Å². The first-order valence-electron chi connectivity index (χ1n) is 9.61. The Morgan fingerprint density at radius 3 is 2.29 bits per heavy atom. The predicted octanol–water partition coefficient (Wildman–Crippen LogP) is 5.00. The van der Waals surface area contributed by atoms with E-state index in [1.807, 2.05) is 0 Å². The summed E-state index contributed by atoms with van der Waals surface area (Å²) in [7, 11) is -3.41. The van der Waals surface area contributed by atoms with E-state index in [0.29, 0.717) is 5.75 Å². The maximum absolute atomic E-state index is 12.9. The Balaban J connectivity index is 2.00. The molecular formula is C22H17ClF3NO7S. The van der Waals surface area contributed by atoms with Gasteiger partial charge in [-0.15, -0.1) is 0 Å². The molecule has 0 atom stereocenters. The first kappa shape index (κ1) is 26.1. The van der Waals surface area contributed by atoms with Crippen LogP contribution < -0.4 is 13.7 Å². The predicted molar refractivity (Wildman–Crippen MR) is 119 cm³/mol. The van der Waals surface area contributed by atoms with Gasteiger partial charge < -0.3 is 18.4 Å².